The average Bonchev–Trinajstić information content (AvgIpc) is 2.50. The Balaban J connectivity index is 2.24. The number of carbonyl (C=O) groups is 2. The Labute approximate surface area is 153 Å². The number of amides is 1. The third kappa shape index (κ3) is 4.12. The molecule has 0 spiro atoms. The molecular weight excluding hydrogens is 377 g/mol. The molecular formula is C16H12Cl3NO4. The summed E-state index contributed by atoms with van der Waals surface area (Å²) < 4.78 is 5.30. The van der Waals surface area contributed by atoms with E-state index >= 15 is 0 Å². The molecule has 0 aliphatic rings. The van der Waals surface area contributed by atoms with Crippen molar-refractivity contribution in [3.05, 3.63) is 56.5 Å². The highest BCUT2D eigenvalue weighted by Gasteiger charge is 2.15. The van der Waals surface area contributed by atoms with Crippen LogP contribution in [-0.2, 0) is 0 Å². The van der Waals surface area contributed by atoms with Crippen LogP contribution in [0.4, 0.5) is 5.69 Å². The molecule has 24 heavy (non-hydrogen) atoms. The minimum atomic E-state index is -1.15. The van der Waals surface area contributed by atoms with Gasteiger partial charge < -0.3 is 15.2 Å². The van der Waals surface area contributed by atoms with Gasteiger partial charge in [-0.1, -0.05) is 34.8 Å². The molecule has 0 radical (unpaired) electrons. The maximum atomic E-state index is 12.3. The van der Waals surface area contributed by atoms with Crippen molar-refractivity contribution in [3.8, 4) is 5.75 Å². The van der Waals surface area contributed by atoms with E-state index in [0.29, 0.717) is 18.0 Å². The molecule has 2 rings (SSSR count). The molecule has 126 valence electrons. The predicted octanol–water partition coefficient (Wildman–Crippen LogP) is 5.00. The number of carboxylic acids is 1. The number of ether oxygens (including phenoxy) is 1. The van der Waals surface area contributed by atoms with Crippen LogP contribution in [0.5, 0.6) is 5.75 Å². The van der Waals surface area contributed by atoms with E-state index in [0.717, 1.165) is 0 Å². The van der Waals surface area contributed by atoms with Crippen molar-refractivity contribution < 1.29 is 19.4 Å². The van der Waals surface area contributed by atoms with Gasteiger partial charge in [0.2, 0.25) is 0 Å². The first-order chi connectivity index (χ1) is 11.3. The quantitative estimate of drug-likeness (QED) is 0.756. The van der Waals surface area contributed by atoms with Crippen LogP contribution in [0, 0.1) is 0 Å². The van der Waals surface area contributed by atoms with Crippen molar-refractivity contribution in [2.24, 2.45) is 0 Å². The Morgan fingerprint density at radius 3 is 2.21 bits per heavy atom. The molecule has 1 amide bonds. The summed E-state index contributed by atoms with van der Waals surface area (Å²) in [4.78, 5) is 23.2. The van der Waals surface area contributed by atoms with E-state index in [1.54, 1.807) is 6.92 Å². The number of hydrogen-bond donors (Lipinski definition) is 2. The van der Waals surface area contributed by atoms with Crippen molar-refractivity contribution >= 4 is 52.4 Å². The highest BCUT2D eigenvalue weighted by Crippen LogP contribution is 2.34. The molecule has 0 bridgehead atoms. The van der Waals surface area contributed by atoms with Gasteiger partial charge in [0.05, 0.1) is 27.2 Å². The first kappa shape index (κ1) is 18.4. The van der Waals surface area contributed by atoms with E-state index < -0.39 is 11.9 Å². The summed E-state index contributed by atoms with van der Waals surface area (Å²) in [6, 6.07) is 6.95. The molecule has 0 atom stereocenters. The second-order valence-corrected chi connectivity index (χ2v) is 5.88. The molecule has 8 heteroatoms. The summed E-state index contributed by atoms with van der Waals surface area (Å²) >= 11 is 18.0. The van der Waals surface area contributed by atoms with Crippen LogP contribution in [0.2, 0.25) is 15.1 Å². The maximum absolute atomic E-state index is 12.3. The number of carboxylic acid groups (broad SMARTS) is 1. The highest BCUT2D eigenvalue weighted by molar-refractivity contribution is 6.38. The lowest BCUT2D eigenvalue weighted by atomic mass is 10.1. The molecule has 0 saturated heterocycles. The number of aromatic carboxylic acids is 1. The van der Waals surface area contributed by atoms with Crippen LogP contribution in [0.25, 0.3) is 0 Å². The molecule has 0 aliphatic carbocycles. The molecule has 0 fully saturated rings. The second-order valence-electron chi connectivity index (χ2n) is 4.66. The number of hydrogen-bond acceptors (Lipinski definition) is 3. The standard InChI is InChI=1S/C16H12Cl3NO4/c1-2-24-14-12(18)5-8(6-13(14)19)15(21)20-9-3-4-10(16(22)23)11(17)7-9/h3-7H,2H2,1H3,(H,20,21)(H,22,23). The van der Waals surface area contributed by atoms with Gasteiger partial charge in [-0.15, -0.1) is 0 Å². The van der Waals surface area contributed by atoms with Gasteiger partial charge in [0.25, 0.3) is 5.91 Å². The Kier molecular flexibility index (Phi) is 5.94. The second kappa shape index (κ2) is 7.75. The summed E-state index contributed by atoms with van der Waals surface area (Å²) in [6.07, 6.45) is 0. The van der Waals surface area contributed by atoms with Crippen molar-refractivity contribution in [1.29, 1.82) is 0 Å². The van der Waals surface area contributed by atoms with Crippen LogP contribution in [0.3, 0.4) is 0 Å². The third-order valence-corrected chi connectivity index (χ3v) is 3.88. The van der Waals surface area contributed by atoms with Crippen molar-refractivity contribution in [1.82, 2.24) is 0 Å². The SMILES string of the molecule is CCOc1c(Cl)cc(C(=O)Nc2ccc(C(=O)O)c(Cl)c2)cc1Cl. The zero-order chi connectivity index (χ0) is 17.9. The van der Waals surface area contributed by atoms with Gasteiger partial charge in [-0.25, -0.2) is 4.79 Å². The highest BCUT2D eigenvalue weighted by atomic mass is 35.5. The fourth-order valence-corrected chi connectivity index (χ4v) is 2.80. The molecule has 0 aliphatic heterocycles. The number of benzene rings is 2. The number of carbonyl (C=O) groups excluding carboxylic acids is 1. The fraction of sp³-hybridized carbons (Fsp3) is 0.125. The van der Waals surface area contributed by atoms with E-state index in [4.69, 9.17) is 44.6 Å². The summed E-state index contributed by atoms with van der Waals surface area (Å²) in [7, 11) is 0. The number of nitrogens with one attached hydrogen (secondary N) is 1. The van der Waals surface area contributed by atoms with Crippen molar-refractivity contribution in [2.75, 3.05) is 11.9 Å². The Hall–Kier alpha value is -1.95. The average molecular weight is 389 g/mol. The van der Waals surface area contributed by atoms with E-state index in [-0.39, 0.29) is 26.2 Å². The van der Waals surface area contributed by atoms with Gasteiger partial charge in [-0.05, 0) is 37.3 Å². The van der Waals surface area contributed by atoms with Gasteiger partial charge in [-0.2, -0.15) is 0 Å². The number of anilines is 1. The van der Waals surface area contributed by atoms with Gasteiger partial charge in [0, 0.05) is 11.3 Å². The zero-order valence-electron chi connectivity index (χ0n) is 12.4. The fourth-order valence-electron chi connectivity index (χ4n) is 1.94. The summed E-state index contributed by atoms with van der Waals surface area (Å²) in [5, 5.41) is 12.0. The molecule has 0 saturated carbocycles. The smallest absolute Gasteiger partial charge is 0.337 e. The lowest BCUT2D eigenvalue weighted by molar-refractivity contribution is 0.0697. The Morgan fingerprint density at radius 1 is 1.08 bits per heavy atom. The van der Waals surface area contributed by atoms with Gasteiger partial charge in [0.15, 0.2) is 5.75 Å². The van der Waals surface area contributed by atoms with Gasteiger partial charge in [0.1, 0.15) is 0 Å². The van der Waals surface area contributed by atoms with Crippen LogP contribution in [0.1, 0.15) is 27.6 Å². The number of halogens is 3. The summed E-state index contributed by atoms with van der Waals surface area (Å²) in [6.45, 7) is 2.18. The minimum Gasteiger partial charge on any atom is -0.491 e. The lowest BCUT2D eigenvalue weighted by Crippen LogP contribution is -2.12. The Bertz CT molecular complexity index is 785. The number of rotatable bonds is 5. The normalized spacial score (nSPS) is 10.3. The van der Waals surface area contributed by atoms with Crippen molar-refractivity contribution in [3.63, 3.8) is 0 Å². The Morgan fingerprint density at radius 2 is 1.71 bits per heavy atom. The van der Waals surface area contributed by atoms with E-state index in [9.17, 15) is 9.59 Å². The predicted molar refractivity (Wildman–Crippen MR) is 94.0 cm³/mol. The monoisotopic (exact) mass is 387 g/mol. The van der Waals surface area contributed by atoms with Crippen molar-refractivity contribution in [2.45, 2.75) is 6.92 Å². The zero-order valence-corrected chi connectivity index (χ0v) is 14.7. The first-order valence-electron chi connectivity index (χ1n) is 6.79. The van der Waals surface area contributed by atoms with Crippen LogP contribution in [0.15, 0.2) is 30.3 Å². The molecule has 2 aromatic rings. The largest absolute Gasteiger partial charge is 0.491 e. The van der Waals surface area contributed by atoms with E-state index in [1.807, 2.05) is 0 Å². The third-order valence-electron chi connectivity index (χ3n) is 3.01. The van der Waals surface area contributed by atoms with Gasteiger partial charge in [-0.3, -0.25) is 4.79 Å². The molecule has 0 aromatic heterocycles. The molecule has 0 unspecified atom stereocenters. The van der Waals surface area contributed by atoms with E-state index in [2.05, 4.69) is 5.32 Å². The minimum absolute atomic E-state index is 0.0167. The molecule has 2 N–H and O–H groups in total. The molecule has 0 heterocycles. The van der Waals surface area contributed by atoms with Crippen LogP contribution >= 0.6 is 34.8 Å². The molecule has 2 aromatic carbocycles. The molecule has 5 nitrogen and oxygen atoms in total. The maximum Gasteiger partial charge on any atom is 0.337 e. The van der Waals surface area contributed by atoms with Crippen LogP contribution in [-0.4, -0.2) is 23.6 Å². The lowest BCUT2D eigenvalue weighted by Gasteiger charge is -2.11. The van der Waals surface area contributed by atoms with Crippen LogP contribution < -0.4 is 10.1 Å². The summed E-state index contributed by atoms with van der Waals surface area (Å²) in [5.74, 6) is -1.31. The summed E-state index contributed by atoms with van der Waals surface area (Å²) in [5.41, 5.74) is 0.518. The van der Waals surface area contributed by atoms with E-state index in [1.165, 1.54) is 30.3 Å². The van der Waals surface area contributed by atoms with Gasteiger partial charge >= 0.3 is 5.97 Å². The first-order valence-corrected chi connectivity index (χ1v) is 7.93. The topological polar surface area (TPSA) is 75.6 Å².